The number of carbonyl (C=O) groups excluding carboxylic acids is 1. The van der Waals surface area contributed by atoms with E-state index in [1.807, 2.05) is 26.0 Å². The normalized spacial score (nSPS) is 10.2. The molecule has 1 heterocycles. The van der Waals surface area contributed by atoms with Gasteiger partial charge >= 0.3 is 12.0 Å². The van der Waals surface area contributed by atoms with E-state index in [1.54, 1.807) is 5.38 Å². The SMILES string of the molecule is Cc1cc(NC(=O)Nc2sccc2C(=O)O)cc(C)c1Br. The molecule has 2 rings (SSSR count). The van der Waals surface area contributed by atoms with Crippen molar-refractivity contribution in [2.24, 2.45) is 0 Å². The highest BCUT2D eigenvalue weighted by Gasteiger charge is 2.14. The first-order valence-electron chi connectivity index (χ1n) is 6.04. The van der Waals surface area contributed by atoms with Gasteiger partial charge in [-0.25, -0.2) is 9.59 Å². The molecule has 0 spiro atoms. The van der Waals surface area contributed by atoms with Crippen LogP contribution in [0.4, 0.5) is 15.5 Å². The second kappa shape index (κ2) is 6.28. The molecule has 0 radical (unpaired) electrons. The molecular formula is C14H13BrN2O3S. The number of carboxylic acids is 1. The van der Waals surface area contributed by atoms with Crippen LogP contribution in [-0.4, -0.2) is 17.1 Å². The molecule has 0 saturated heterocycles. The molecule has 0 saturated carbocycles. The van der Waals surface area contributed by atoms with Gasteiger partial charge in [-0.05, 0) is 48.6 Å². The zero-order valence-corrected chi connectivity index (χ0v) is 13.8. The van der Waals surface area contributed by atoms with Gasteiger partial charge in [0, 0.05) is 10.2 Å². The van der Waals surface area contributed by atoms with Crippen LogP contribution in [0.15, 0.2) is 28.1 Å². The van der Waals surface area contributed by atoms with Gasteiger partial charge in [0.1, 0.15) is 5.00 Å². The largest absolute Gasteiger partial charge is 0.478 e. The molecule has 5 nitrogen and oxygen atoms in total. The zero-order chi connectivity index (χ0) is 15.6. The summed E-state index contributed by atoms with van der Waals surface area (Å²) in [6.07, 6.45) is 0. The van der Waals surface area contributed by atoms with Crippen LogP contribution >= 0.6 is 27.3 Å². The summed E-state index contributed by atoms with van der Waals surface area (Å²) in [7, 11) is 0. The number of carbonyl (C=O) groups is 2. The molecule has 2 aromatic rings. The van der Waals surface area contributed by atoms with E-state index in [0.29, 0.717) is 10.7 Å². The number of hydrogen-bond donors (Lipinski definition) is 3. The van der Waals surface area contributed by atoms with E-state index in [-0.39, 0.29) is 5.56 Å². The molecule has 2 amide bonds. The van der Waals surface area contributed by atoms with E-state index >= 15 is 0 Å². The maximum atomic E-state index is 11.9. The van der Waals surface area contributed by atoms with E-state index < -0.39 is 12.0 Å². The summed E-state index contributed by atoms with van der Waals surface area (Å²) in [5, 5.41) is 16.2. The highest BCUT2D eigenvalue weighted by atomic mass is 79.9. The zero-order valence-electron chi connectivity index (χ0n) is 11.4. The van der Waals surface area contributed by atoms with Gasteiger partial charge in [-0.3, -0.25) is 5.32 Å². The minimum absolute atomic E-state index is 0.0818. The minimum atomic E-state index is -1.07. The lowest BCUT2D eigenvalue weighted by atomic mass is 10.1. The fourth-order valence-corrected chi connectivity index (χ4v) is 2.86. The topological polar surface area (TPSA) is 78.4 Å². The fourth-order valence-electron chi connectivity index (χ4n) is 1.86. The van der Waals surface area contributed by atoms with Crippen molar-refractivity contribution in [3.8, 4) is 0 Å². The highest BCUT2D eigenvalue weighted by Crippen LogP contribution is 2.26. The van der Waals surface area contributed by atoms with Crippen molar-refractivity contribution < 1.29 is 14.7 Å². The van der Waals surface area contributed by atoms with Crippen molar-refractivity contribution in [1.29, 1.82) is 0 Å². The first-order valence-corrected chi connectivity index (χ1v) is 7.71. The number of thiophene rings is 1. The van der Waals surface area contributed by atoms with Crippen LogP contribution in [0.1, 0.15) is 21.5 Å². The maximum absolute atomic E-state index is 11.9. The van der Waals surface area contributed by atoms with E-state index in [9.17, 15) is 9.59 Å². The van der Waals surface area contributed by atoms with Crippen molar-refractivity contribution in [2.75, 3.05) is 10.6 Å². The second-order valence-corrected chi connectivity index (χ2v) is 6.18. The molecule has 0 aliphatic rings. The van der Waals surface area contributed by atoms with Crippen molar-refractivity contribution in [3.63, 3.8) is 0 Å². The predicted octanol–water partition coefficient (Wildman–Crippen LogP) is 4.47. The Morgan fingerprint density at radius 2 is 1.81 bits per heavy atom. The van der Waals surface area contributed by atoms with Crippen LogP contribution in [0.5, 0.6) is 0 Å². The number of aromatic carboxylic acids is 1. The van der Waals surface area contributed by atoms with Gasteiger partial charge in [0.2, 0.25) is 0 Å². The van der Waals surface area contributed by atoms with Crippen molar-refractivity contribution in [3.05, 3.63) is 44.7 Å². The van der Waals surface area contributed by atoms with E-state index in [1.165, 1.54) is 17.4 Å². The summed E-state index contributed by atoms with van der Waals surface area (Å²) >= 11 is 4.63. The monoisotopic (exact) mass is 368 g/mol. The van der Waals surface area contributed by atoms with E-state index in [2.05, 4.69) is 26.6 Å². The molecule has 21 heavy (non-hydrogen) atoms. The molecule has 0 atom stereocenters. The lowest BCUT2D eigenvalue weighted by Crippen LogP contribution is -2.20. The van der Waals surface area contributed by atoms with Crippen molar-refractivity contribution in [1.82, 2.24) is 0 Å². The number of anilines is 2. The Bertz CT molecular complexity index is 689. The van der Waals surface area contributed by atoms with Gasteiger partial charge in [0.05, 0.1) is 5.56 Å². The average Bonchev–Trinajstić information content (AvgIpc) is 2.83. The number of halogens is 1. The summed E-state index contributed by atoms with van der Waals surface area (Å²) in [6, 6.07) is 4.66. The molecule has 0 aliphatic carbocycles. The van der Waals surface area contributed by atoms with Gasteiger partial charge in [-0.15, -0.1) is 11.3 Å². The summed E-state index contributed by atoms with van der Waals surface area (Å²) in [4.78, 5) is 22.9. The van der Waals surface area contributed by atoms with Crippen LogP contribution in [-0.2, 0) is 0 Å². The summed E-state index contributed by atoms with van der Waals surface area (Å²) in [5.41, 5.74) is 2.75. The summed E-state index contributed by atoms with van der Waals surface area (Å²) < 4.78 is 1.000. The van der Waals surface area contributed by atoms with Gasteiger partial charge in [0.15, 0.2) is 0 Å². The van der Waals surface area contributed by atoms with E-state index in [0.717, 1.165) is 15.6 Å². The number of nitrogens with one attached hydrogen (secondary N) is 2. The predicted molar refractivity (Wildman–Crippen MR) is 87.5 cm³/mol. The molecule has 0 fully saturated rings. The summed E-state index contributed by atoms with van der Waals surface area (Å²) in [5.74, 6) is -1.07. The molecule has 1 aromatic heterocycles. The molecule has 0 unspecified atom stereocenters. The number of amides is 2. The molecule has 1 aromatic carbocycles. The Morgan fingerprint density at radius 3 is 2.38 bits per heavy atom. The lowest BCUT2D eigenvalue weighted by molar-refractivity contribution is 0.0698. The third-order valence-corrected chi connectivity index (χ3v) is 4.90. The Kier molecular flexibility index (Phi) is 4.64. The van der Waals surface area contributed by atoms with Crippen LogP contribution in [0.2, 0.25) is 0 Å². The maximum Gasteiger partial charge on any atom is 0.338 e. The van der Waals surface area contributed by atoms with Crippen molar-refractivity contribution >= 4 is 50.0 Å². The number of hydrogen-bond acceptors (Lipinski definition) is 3. The first kappa shape index (κ1) is 15.5. The van der Waals surface area contributed by atoms with Crippen LogP contribution < -0.4 is 10.6 Å². The first-order chi connectivity index (χ1) is 9.88. The van der Waals surface area contributed by atoms with Gasteiger partial charge in [-0.2, -0.15) is 0 Å². The molecule has 0 bridgehead atoms. The molecular weight excluding hydrogens is 356 g/mol. The lowest BCUT2D eigenvalue weighted by Gasteiger charge is -2.10. The number of carboxylic acid groups (broad SMARTS) is 1. The standard InChI is InChI=1S/C14H13BrN2O3S/c1-7-5-9(6-8(2)11(7)15)16-14(20)17-12-10(13(18)19)3-4-21-12/h3-6H,1-2H3,(H,18,19)(H2,16,17,20). The number of rotatable bonds is 3. The average molecular weight is 369 g/mol. The van der Waals surface area contributed by atoms with Crippen LogP contribution in [0.25, 0.3) is 0 Å². The summed E-state index contributed by atoms with van der Waals surface area (Å²) in [6.45, 7) is 3.87. The van der Waals surface area contributed by atoms with Gasteiger partial charge in [-0.1, -0.05) is 15.9 Å². The van der Waals surface area contributed by atoms with Crippen LogP contribution in [0, 0.1) is 13.8 Å². The number of urea groups is 1. The molecule has 110 valence electrons. The fraction of sp³-hybridized carbons (Fsp3) is 0.143. The minimum Gasteiger partial charge on any atom is -0.478 e. The van der Waals surface area contributed by atoms with Crippen molar-refractivity contribution in [2.45, 2.75) is 13.8 Å². The smallest absolute Gasteiger partial charge is 0.338 e. The Morgan fingerprint density at radius 1 is 1.19 bits per heavy atom. The van der Waals surface area contributed by atoms with E-state index in [4.69, 9.17) is 5.11 Å². The Labute approximate surface area is 134 Å². The third kappa shape index (κ3) is 3.62. The third-order valence-electron chi connectivity index (χ3n) is 2.82. The number of aryl methyl sites for hydroxylation is 2. The molecule has 7 heteroatoms. The van der Waals surface area contributed by atoms with Gasteiger partial charge in [0.25, 0.3) is 0 Å². The molecule has 3 N–H and O–H groups in total. The Hall–Kier alpha value is -1.86. The van der Waals surface area contributed by atoms with Crippen LogP contribution in [0.3, 0.4) is 0 Å². The Balaban J connectivity index is 2.12. The highest BCUT2D eigenvalue weighted by molar-refractivity contribution is 9.10. The second-order valence-electron chi connectivity index (χ2n) is 4.47. The quantitative estimate of drug-likeness (QED) is 0.747. The molecule has 0 aliphatic heterocycles. The van der Waals surface area contributed by atoms with Gasteiger partial charge < -0.3 is 10.4 Å². The number of benzene rings is 1.